The van der Waals surface area contributed by atoms with Crippen LogP contribution in [-0.4, -0.2) is 42.2 Å². The lowest BCUT2D eigenvalue weighted by molar-refractivity contribution is 0.0506. The van der Waals surface area contributed by atoms with Crippen molar-refractivity contribution < 1.29 is 14.3 Å². The number of methoxy groups -OCH3 is 1. The van der Waals surface area contributed by atoms with E-state index in [4.69, 9.17) is 9.47 Å². The zero-order chi connectivity index (χ0) is 21.1. The summed E-state index contributed by atoms with van der Waals surface area (Å²) in [5, 5.41) is 0.954. The van der Waals surface area contributed by atoms with Gasteiger partial charge in [-0.05, 0) is 61.5 Å². The van der Waals surface area contributed by atoms with E-state index in [2.05, 4.69) is 4.98 Å². The summed E-state index contributed by atoms with van der Waals surface area (Å²) in [7, 11) is 1.57. The molecule has 0 radical (unpaired) electrons. The van der Waals surface area contributed by atoms with Crippen molar-refractivity contribution in [2.45, 2.75) is 32.4 Å². The normalized spacial score (nSPS) is 16.0. The molecule has 6 nitrogen and oxygen atoms in total. The van der Waals surface area contributed by atoms with Crippen molar-refractivity contribution in [1.29, 1.82) is 0 Å². The number of aromatic amines is 1. The Labute approximate surface area is 175 Å². The van der Waals surface area contributed by atoms with Crippen LogP contribution < -0.4 is 10.3 Å². The van der Waals surface area contributed by atoms with Crippen LogP contribution >= 0.6 is 0 Å². The van der Waals surface area contributed by atoms with Crippen molar-refractivity contribution in [1.82, 2.24) is 9.88 Å². The van der Waals surface area contributed by atoms with Gasteiger partial charge in [-0.3, -0.25) is 9.59 Å². The predicted octanol–water partition coefficient (Wildman–Crippen LogP) is 3.67. The molecular formula is C24H26N2O4. The van der Waals surface area contributed by atoms with E-state index in [1.165, 1.54) is 0 Å². The summed E-state index contributed by atoms with van der Waals surface area (Å²) in [5.74, 6) is 0.477. The molecule has 1 aliphatic rings. The quantitative estimate of drug-likeness (QED) is 0.678. The number of aryl methyl sites for hydroxylation is 1. The Bertz CT molecular complexity index is 1120. The number of pyridine rings is 1. The van der Waals surface area contributed by atoms with Crippen LogP contribution in [0.1, 0.15) is 34.3 Å². The van der Waals surface area contributed by atoms with Crippen LogP contribution in [0.25, 0.3) is 10.9 Å². The van der Waals surface area contributed by atoms with E-state index >= 15 is 0 Å². The topological polar surface area (TPSA) is 71.6 Å². The predicted molar refractivity (Wildman–Crippen MR) is 116 cm³/mol. The monoisotopic (exact) mass is 406 g/mol. The summed E-state index contributed by atoms with van der Waals surface area (Å²) in [5.41, 5.74) is 2.81. The fourth-order valence-corrected chi connectivity index (χ4v) is 3.89. The molecule has 1 amide bonds. The molecule has 1 aromatic heterocycles. The molecule has 1 N–H and O–H groups in total. The molecule has 0 saturated carbocycles. The van der Waals surface area contributed by atoms with Crippen LogP contribution in [0.15, 0.2) is 53.3 Å². The highest BCUT2D eigenvalue weighted by Crippen LogP contribution is 2.20. The van der Waals surface area contributed by atoms with E-state index in [9.17, 15) is 9.59 Å². The Hall–Kier alpha value is -3.12. The SMILES string of the molecule is COc1cccc(C(=O)N(Cc2cc3cc(C)ccc3[nH]c2=O)C[C@H]2CCCO2)c1. The minimum absolute atomic E-state index is 0.0126. The Kier molecular flexibility index (Phi) is 5.86. The summed E-state index contributed by atoms with van der Waals surface area (Å²) in [6.45, 7) is 3.39. The molecule has 1 fully saturated rings. The Morgan fingerprint density at radius 2 is 2.10 bits per heavy atom. The average molecular weight is 406 g/mol. The summed E-state index contributed by atoms with van der Waals surface area (Å²) in [6, 6.07) is 14.9. The molecule has 2 aromatic carbocycles. The van der Waals surface area contributed by atoms with Gasteiger partial charge in [-0.15, -0.1) is 0 Å². The fourth-order valence-electron chi connectivity index (χ4n) is 3.89. The molecule has 30 heavy (non-hydrogen) atoms. The molecule has 156 valence electrons. The van der Waals surface area contributed by atoms with Gasteiger partial charge >= 0.3 is 0 Å². The number of carbonyl (C=O) groups is 1. The molecule has 1 atom stereocenters. The first kappa shape index (κ1) is 20.2. The third kappa shape index (κ3) is 4.39. The van der Waals surface area contributed by atoms with E-state index in [0.717, 1.165) is 29.3 Å². The number of rotatable bonds is 6. The summed E-state index contributed by atoms with van der Waals surface area (Å²) < 4.78 is 11.0. The van der Waals surface area contributed by atoms with Crippen molar-refractivity contribution in [3.05, 3.63) is 75.6 Å². The summed E-state index contributed by atoms with van der Waals surface area (Å²) in [4.78, 5) is 30.7. The van der Waals surface area contributed by atoms with Crippen LogP contribution in [0.2, 0.25) is 0 Å². The third-order valence-electron chi connectivity index (χ3n) is 5.49. The van der Waals surface area contributed by atoms with E-state index in [1.807, 2.05) is 31.2 Å². The number of carbonyl (C=O) groups excluding carboxylic acids is 1. The van der Waals surface area contributed by atoms with E-state index in [0.29, 0.717) is 30.0 Å². The van der Waals surface area contributed by atoms with Crippen LogP contribution in [0.4, 0.5) is 0 Å². The number of nitrogens with zero attached hydrogens (tertiary/aromatic N) is 1. The molecule has 0 spiro atoms. The summed E-state index contributed by atoms with van der Waals surface area (Å²) >= 11 is 0. The maximum atomic E-state index is 13.3. The molecule has 0 bridgehead atoms. The van der Waals surface area contributed by atoms with Crippen molar-refractivity contribution in [2.24, 2.45) is 0 Å². The Morgan fingerprint density at radius 3 is 2.87 bits per heavy atom. The maximum Gasteiger partial charge on any atom is 0.254 e. The Balaban J connectivity index is 1.67. The van der Waals surface area contributed by atoms with E-state index in [-0.39, 0.29) is 24.1 Å². The van der Waals surface area contributed by atoms with Crippen molar-refractivity contribution in [2.75, 3.05) is 20.3 Å². The average Bonchev–Trinajstić information content (AvgIpc) is 3.26. The number of ether oxygens (including phenoxy) is 2. The number of fused-ring (bicyclic) bond motifs is 1. The first-order valence-electron chi connectivity index (χ1n) is 10.2. The number of amides is 1. The second-order valence-electron chi connectivity index (χ2n) is 7.77. The molecule has 0 aliphatic carbocycles. The van der Waals surface area contributed by atoms with Crippen LogP contribution in [0.3, 0.4) is 0 Å². The minimum Gasteiger partial charge on any atom is -0.497 e. The molecule has 4 rings (SSSR count). The number of aromatic nitrogens is 1. The van der Waals surface area contributed by atoms with E-state index < -0.39 is 0 Å². The lowest BCUT2D eigenvalue weighted by atomic mass is 10.1. The van der Waals surface area contributed by atoms with Gasteiger partial charge in [-0.25, -0.2) is 0 Å². The van der Waals surface area contributed by atoms with Crippen LogP contribution in [0.5, 0.6) is 5.75 Å². The van der Waals surface area contributed by atoms with Gasteiger partial charge in [-0.2, -0.15) is 0 Å². The molecular weight excluding hydrogens is 380 g/mol. The second-order valence-corrected chi connectivity index (χ2v) is 7.77. The first-order valence-corrected chi connectivity index (χ1v) is 10.2. The van der Waals surface area contributed by atoms with E-state index in [1.54, 1.807) is 36.3 Å². The third-order valence-corrected chi connectivity index (χ3v) is 5.49. The summed E-state index contributed by atoms with van der Waals surface area (Å²) in [6.07, 6.45) is 1.89. The van der Waals surface area contributed by atoms with Gasteiger partial charge in [0.25, 0.3) is 11.5 Å². The van der Waals surface area contributed by atoms with Gasteiger partial charge in [0.2, 0.25) is 0 Å². The molecule has 2 heterocycles. The first-order chi connectivity index (χ1) is 14.5. The van der Waals surface area contributed by atoms with Crippen LogP contribution in [-0.2, 0) is 11.3 Å². The Morgan fingerprint density at radius 1 is 1.23 bits per heavy atom. The lowest BCUT2D eigenvalue weighted by Crippen LogP contribution is -2.38. The van der Waals surface area contributed by atoms with Crippen LogP contribution in [0, 0.1) is 6.92 Å². The smallest absolute Gasteiger partial charge is 0.254 e. The standard InChI is InChI=1S/C24H26N2O4/c1-16-8-9-22-18(11-16)12-19(23(27)25-22)14-26(15-21-7-4-10-30-21)24(28)17-5-3-6-20(13-17)29-2/h3,5-6,8-9,11-13,21H,4,7,10,14-15H2,1-2H3,(H,25,27)/t21-/m1/s1. The van der Waals surface area contributed by atoms with Gasteiger partial charge < -0.3 is 19.4 Å². The number of H-pyrrole nitrogens is 1. The number of hydrogen-bond acceptors (Lipinski definition) is 4. The fraction of sp³-hybridized carbons (Fsp3) is 0.333. The lowest BCUT2D eigenvalue weighted by Gasteiger charge is -2.25. The highest BCUT2D eigenvalue weighted by Gasteiger charge is 2.25. The maximum absolute atomic E-state index is 13.3. The van der Waals surface area contributed by atoms with Crippen molar-refractivity contribution in [3.8, 4) is 5.75 Å². The number of benzene rings is 2. The molecule has 1 saturated heterocycles. The van der Waals surface area contributed by atoms with Gasteiger partial charge in [0.1, 0.15) is 5.75 Å². The zero-order valence-corrected chi connectivity index (χ0v) is 17.3. The van der Waals surface area contributed by atoms with Gasteiger partial charge in [0.15, 0.2) is 0 Å². The second kappa shape index (κ2) is 8.71. The number of hydrogen-bond donors (Lipinski definition) is 1. The molecule has 0 unspecified atom stereocenters. The zero-order valence-electron chi connectivity index (χ0n) is 17.3. The van der Waals surface area contributed by atoms with Crippen molar-refractivity contribution >= 4 is 16.8 Å². The molecule has 1 aliphatic heterocycles. The minimum atomic E-state index is -0.179. The highest BCUT2D eigenvalue weighted by atomic mass is 16.5. The number of nitrogens with one attached hydrogen (secondary N) is 1. The van der Waals surface area contributed by atoms with Crippen molar-refractivity contribution in [3.63, 3.8) is 0 Å². The van der Waals surface area contributed by atoms with Gasteiger partial charge in [-0.1, -0.05) is 17.7 Å². The molecule has 6 heteroatoms. The van der Waals surface area contributed by atoms with Gasteiger partial charge in [0.05, 0.1) is 19.8 Å². The highest BCUT2D eigenvalue weighted by molar-refractivity contribution is 5.94. The largest absolute Gasteiger partial charge is 0.497 e. The van der Waals surface area contributed by atoms with Gasteiger partial charge in [0, 0.05) is 29.8 Å². The molecule has 3 aromatic rings.